The molecule has 0 bridgehead atoms. The van der Waals surface area contributed by atoms with Crippen molar-refractivity contribution in [2.24, 2.45) is 0 Å². The highest BCUT2D eigenvalue weighted by Gasteiger charge is 2.41. The first-order valence-electron chi connectivity index (χ1n) is 6.22. The average Bonchev–Trinajstić information content (AvgIpc) is 2.23. The van der Waals surface area contributed by atoms with Crippen molar-refractivity contribution in [3.8, 4) is 0 Å². The number of hydrogen-bond donors (Lipinski definition) is 1. The number of amides is 2. The van der Waals surface area contributed by atoms with Crippen molar-refractivity contribution in [3.05, 3.63) is 0 Å². The van der Waals surface area contributed by atoms with Crippen molar-refractivity contribution in [2.75, 3.05) is 19.7 Å². The van der Waals surface area contributed by atoms with Crippen molar-refractivity contribution >= 4 is 11.8 Å². The summed E-state index contributed by atoms with van der Waals surface area (Å²) in [7, 11) is 0. The molecule has 1 saturated heterocycles. The van der Waals surface area contributed by atoms with Gasteiger partial charge in [-0.2, -0.15) is 0 Å². The zero-order valence-electron chi connectivity index (χ0n) is 10.5. The third-order valence-corrected chi connectivity index (χ3v) is 3.64. The molecule has 96 valence electrons. The third kappa shape index (κ3) is 2.60. The van der Waals surface area contributed by atoms with Crippen LogP contribution in [-0.4, -0.2) is 48.1 Å². The van der Waals surface area contributed by atoms with Gasteiger partial charge in [0, 0.05) is 19.5 Å². The van der Waals surface area contributed by atoms with E-state index in [2.05, 4.69) is 5.32 Å². The Hall–Kier alpha value is -1.10. The molecule has 2 aliphatic rings. The molecule has 0 aromatic rings. The van der Waals surface area contributed by atoms with Crippen LogP contribution < -0.4 is 5.32 Å². The molecule has 1 aliphatic heterocycles. The minimum atomic E-state index is -0.889. The van der Waals surface area contributed by atoms with Crippen molar-refractivity contribution in [3.63, 3.8) is 0 Å². The van der Waals surface area contributed by atoms with E-state index in [0.717, 1.165) is 12.8 Å². The minimum absolute atomic E-state index is 0.00373. The predicted molar refractivity (Wildman–Crippen MR) is 62.4 cm³/mol. The van der Waals surface area contributed by atoms with Gasteiger partial charge in [0.05, 0.1) is 13.2 Å². The van der Waals surface area contributed by atoms with Gasteiger partial charge in [0.15, 0.2) is 5.60 Å². The van der Waals surface area contributed by atoms with Crippen molar-refractivity contribution in [1.82, 2.24) is 10.2 Å². The number of carbonyl (C=O) groups excluding carboxylic acids is 2. The van der Waals surface area contributed by atoms with Crippen LogP contribution in [0.5, 0.6) is 0 Å². The van der Waals surface area contributed by atoms with Crippen LogP contribution in [0.1, 0.15) is 33.1 Å². The molecule has 0 spiro atoms. The minimum Gasteiger partial charge on any atom is -0.362 e. The van der Waals surface area contributed by atoms with E-state index in [1.807, 2.05) is 0 Å². The molecule has 0 aromatic carbocycles. The fourth-order valence-corrected chi connectivity index (χ4v) is 2.17. The van der Waals surface area contributed by atoms with Crippen LogP contribution in [-0.2, 0) is 14.3 Å². The normalized spacial score (nSPS) is 29.6. The molecule has 1 heterocycles. The quantitative estimate of drug-likeness (QED) is 0.755. The second-order valence-electron chi connectivity index (χ2n) is 5.12. The summed E-state index contributed by atoms with van der Waals surface area (Å²) in [6.45, 7) is 4.63. The van der Waals surface area contributed by atoms with E-state index in [0.29, 0.717) is 25.7 Å². The lowest BCUT2D eigenvalue weighted by molar-refractivity contribution is -0.162. The van der Waals surface area contributed by atoms with Crippen LogP contribution in [0.4, 0.5) is 0 Å². The second kappa shape index (κ2) is 4.64. The zero-order valence-corrected chi connectivity index (χ0v) is 10.5. The van der Waals surface area contributed by atoms with Crippen LogP contribution in [0.3, 0.4) is 0 Å². The van der Waals surface area contributed by atoms with Crippen LogP contribution in [0, 0.1) is 0 Å². The van der Waals surface area contributed by atoms with Gasteiger partial charge in [0.2, 0.25) is 5.91 Å². The maximum Gasteiger partial charge on any atom is 0.254 e. The summed E-state index contributed by atoms with van der Waals surface area (Å²) in [6, 6.07) is 0.302. The first-order chi connectivity index (χ1) is 8.01. The Balaban J connectivity index is 1.96. The summed E-state index contributed by atoms with van der Waals surface area (Å²) in [5, 5.41) is 2.98. The molecule has 1 saturated carbocycles. The number of ether oxygens (including phenoxy) is 1. The first kappa shape index (κ1) is 12.4. The maximum atomic E-state index is 12.1. The van der Waals surface area contributed by atoms with E-state index in [9.17, 15) is 9.59 Å². The standard InChI is InChI=1S/C12H20N2O3/c1-9(15)14-6-7-17-12(2,8-14)11(16)13-10-4-3-5-10/h10H,3-8H2,1-2H3,(H,13,16)/t12-/m0/s1. The third-order valence-electron chi connectivity index (χ3n) is 3.64. The Morgan fingerprint density at radius 1 is 1.41 bits per heavy atom. The van der Waals surface area contributed by atoms with E-state index < -0.39 is 5.60 Å². The highest BCUT2D eigenvalue weighted by Crippen LogP contribution is 2.22. The van der Waals surface area contributed by atoms with Crippen molar-refractivity contribution < 1.29 is 14.3 Å². The maximum absolute atomic E-state index is 12.1. The van der Waals surface area contributed by atoms with Gasteiger partial charge >= 0.3 is 0 Å². The Morgan fingerprint density at radius 2 is 2.12 bits per heavy atom. The molecular formula is C12H20N2O3. The van der Waals surface area contributed by atoms with Gasteiger partial charge in [0.1, 0.15) is 0 Å². The molecule has 5 nitrogen and oxygen atoms in total. The molecule has 0 aromatic heterocycles. The summed E-state index contributed by atoms with van der Waals surface area (Å²) in [5.41, 5.74) is -0.889. The molecule has 0 radical (unpaired) electrons. The SMILES string of the molecule is CC(=O)N1CCO[C@](C)(C(=O)NC2CCC2)C1. The molecule has 5 heteroatoms. The molecule has 0 unspecified atom stereocenters. The van der Waals surface area contributed by atoms with Gasteiger partial charge in [-0.25, -0.2) is 0 Å². The van der Waals surface area contributed by atoms with Gasteiger partial charge in [-0.3, -0.25) is 9.59 Å². The fourth-order valence-electron chi connectivity index (χ4n) is 2.17. The molecule has 1 aliphatic carbocycles. The van der Waals surface area contributed by atoms with Crippen LogP contribution in [0.25, 0.3) is 0 Å². The number of nitrogens with one attached hydrogen (secondary N) is 1. The lowest BCUT2D eigenvalue weighted by atomic mass is 9.92. The Bertz CT molecular complexity index is 328. The Labute approximate surface area is 101 Å². The number of hydrogen-bond acceptors (Lipinski definition) is 3. The van der Waals surface area contributed by atoms with E-state index >= 15 is 0 Å². The number of nitrogens with zero attached hydrogens (tertiary/aromatic N) is 1. The van der Waals surface area contributed by atoms with E-state index in [4.69, 9.17) is 4.74 Å². The lowest BCUT2D eigenvalue weighted by Crippen LogP contribution is -2.60. The molecule has 1 atom stereocenters. The summed E-state index contributed by atoms with van der Waals surface area (Å²) in [4.78, 5) is 25.1. The molecule has 2 amide bonds. The monoisotopic (exact) mass is 240 g/mol. The second-order valence-corrected chi connectivity index (χ2v) is 5.12. The molecule has 2 rings (SSSR count). The van der Waals surface area contributed by atoms with Crippen LogP contribution >= 0.6 is 0 Å². The van der Waals surface area contributed by atoms with Gasteiger partial charge < -0.3 is 15.0 Å². The largest absolute Gasteiger partial charge is 0.362 e. The predicted octanol–water partition coefficient (Wildman–Crippen LogP) is 0.293. The average molecular weight is 240 g/mol. The van der Waals surface area contributed by atoms with Gasteiger partial charge in [-0.15, -0.1) is 0 Å². The summed E-state index contributed by atoms with van der Waals surface area (Å²) in [6.07, 6.45) is 3.29. The molecule has 17 heavy (non-hydrogen) atoms. The summed E-state index contributed by atoms with van der Waals surface area (Å²) < 4.78 is 5.57. The molecular weight excluding hydrogens is 220 g/mol. The van der Waals surface area contributed by atoms with E-state index in [1.165, 1.54) is 13.3 Å². The molecule has 2 fully saturated rings. The highest BCUT2D eigenvalue weighted by molar-refractivity contribution is 5.86. The van der Waals surface area contributed by atoms with Crippen molar-refractivity contribution in [1.29, 1.82) is 0 Å². The number of morpholine rings is 1. The first-order valence-corrected chi connectivity index (χ1v) is 6.22. The lowest BCUT2D eigenvalue weighted by Gasteiger charge is -2.40. The van der Waals surface area contributed by atoms with Crippen LogP contribution in [0.2, 0.25) is 0 Å². The Kier molecular flexibility index (Phi) is 3.38. The van der Waals surface area contributed by atoms with E-state index in [-0.39, 0.29) is 11.8 Å². The van der Waals surface area contributed by atoms with Gasteiger partial charge in [-0.1, -0.05) is 0 Å². The summed E-state index contributed by atoms with van der Waals surface area (Å²) >= 11 is 0. The zero-order chi connectivity index (χ0) is 12.5. The number of carbonyl (C=O) groups is 2. The summed E-state index contributed by atoms with van der Waals surface area (Å²) in [5.74, 6) is -0.0934. The van der Waals surface area contributed by atoms with Crippen molar-refractivity contribution in [2.45, 2.75) is 44.8 Å². The van der Waals surface area contributed by atoms with Crippen LogP contribution in [0.15, 0.2) is 0 Å². The fraction of sp³-hybridized carbons (Fsp3) is 0.833. The van der Waals surface area contributed by atoms with Gasteiger partial charge in [0.25, 0.3) is 5.91 Å². The number of rotatable bonds is 2. The Morgan fingerprint density at radius 3 is 2.65 bits per heavy atom. The topological polar surface area (TPSA) is 58.6 Å². The van der Waals surface area contributed by atoms with E-state index in [1.54, 1.807) is 11.8 Å². The molecule has 1 N–H and O–H groups in total. The smallest absolute Gasteiger partial charge is 0.254 e. The highest BCUT2D eigenvalue weighted by atomic mass is 16.5. The van der Waals surface area contributed by atoms with Gasteiger partial charge in [-0.05, 0) is 26.2 Å².